The Labute approximate surface area is 171 Å². The van der Waals surface area contributed by atoms with Gasteiger partial charge in [0.2, 0.25) is 5.91 Å². The number of carbonyl (C=O) groups excluding carboxylic acids is 3. The van der Waals surface area contributed by atoms with Crippen LogP contribution >= 0.6 is 0 Å². The number of benzene rings is 1. The third kappa shape index (κ3) is 4.44. The molecule has 0 spiro atoms. The van der Waals surface area contributed by atoms with Crippen molar-refractivity contribution in [2.75, 3.05) is 11.9 Å². The van der Waals surface area contributed by atoms with Gasteiger partial charge in [-0.2, -0.15) is 0 Å². The Bertz CT molecular complexity index is 812. The van der Waals surface area contributed by atoms with Crippen LogP contribution in [-0.2, 0) is 9.53 Å². The number of amides is 3. The molecule has 3 rings (SSSR count). The minimum atomic E-state index is -0.542. The minimum absolute atomic E-state index is 0.0329. The van der Waals surface area contributed by atoms with E-state index in [9.17, 15) is 14.4 Å². The van der Waals surface area contributed by atoms with E-state index >= 15 is 0 Å². The number of rotatable bonds is 4. The van der Waals surface area contributed by atoms with Gasteiger partial charge < -0.3 is 19.9 Å². The highest BCUT2D eigenvalue weighted by atomic mass is 16.6. The highest BCUT2D eigenvalue weighted by molar-refractivity contribution is 6.01. The van der Waals surface area contributed by atoms with E-state index < -0.39 is 5.60 Å². The van der Waals surface area contributed by atoms with Crippen molar-refractivity contribution in [1.82, 2.24) is 10.2 Å². The third-order valence-electron chi connectivity index (χ3n) is 5.48. The van der Waals surface area contributed by atoms with Crippen LogP contribution in [0.25, 0.3) is 0 Å². The van der Waals surface area contributed by atoms with Gasteiger partial charge in [0.25, 0.3) is 5.91 Å². The Hall–Kier alpha value is -2.83. The molecule has 3 atom stereocenters. The molecule has 2 fully saturated rings. The summed E-state index contributed by atoms with van der Waals surface area (Å²) in [6.07, 6.45) is 3.48. The molecule has 2 heterocycles. The Balaban J connectivity index is 1.64. The predicted molar refractivity (Wildman–Crippen MR) is 111 cm³/mol. The number of anilines is 1. The zero-order valence-corrected chi connectivity index (χ0v) is 17.5. The number of hydrogen-bond donors (Lipinski definition) is 1. The summed E-state index contributed by atoms with van der Waals surface area (Å²) in [6.45, 7) is 9.03. The lowest BCUT2D eigenvalue weighted by Crippen LogP contribution is -2.46. The first kappa shape index (κ1) is 20.9. The van der Waals surface area contributed by atoms with Crippen LogP contribution in [0.5, 0.6) is 0 Å². The van der Waals surface area contributed by atoms with E-state index in [1.54, 1.807) is 36.2 Å². The summed E-state index contributed by atoms with van der Waals surface area (Å²) in [6, 6.07) is 6.83. The number of nitrogens with zero attached hydrogens (tertiary/aromatic N) is 2. The van der Waals surface area contributed by atoms with Gasteiger partial charge in [0.15, 0.2) is 0 Å². The molecule has 1 N–H and O–H groups in total. The zero-order valence-electron chi connectivity index (χ0n) is 17.5. The molecule has 0 aromatic heterocycles. The monoisotopic (exact) mass is 399 g/mol. The number of ether oxygens (including phenoxy) is 1. The molecule has 29 heavy (non-hydrogen) atoms. The van der Waals surface area contributed by atoms with Crippen molar-refractivity contribution in [2.24, 2.45) is 0 Å². The molecule has 7 nitrogen and oxygen atoms in total. The largest absolute Gasteiger partial charge is 0.444 e. The van der Waals surface area contributed by atoms with E-state index in [4.69, 9.17) is 4.74 Å². The third-order valence-corrected chi connectivity index (χ3v) is 5.48. The molecule has 2 aliphatic rings. The van der Waals surface area contributed by atoms with Crippen LogP contribution < -0.4 is 10.2 Å². The van der Waals surface area contributed by atoms with Gasteiger partial charge in [0, 0.05) is 24.3 Å². The number of hydrogen-bond acceptors (Lipinski definition) is 4. The lowest BCUT2D eigenvalue weighted by Gasteiger charge is -2.28. The average Bonchev–Trinajstić information content (AvgIpc) is 3.23. The van der Waals surface area contributed by atoms with Crippen molar-refractivity contribution < 1.29 is 19.1 Å². The lowest BCUT2D eigenvalue weighted by molar-refractivity contribution is -0.113. The van der Waals surface area contributed by atoms with E-state index in [1.807, 2.05) is 20.8 Å². The van der Waals surface area contributed by atoms with Crippen LogP contribution in [-0.4, -0.2) is 53.6 Å². The van der Waals surface area contributed by atoms with Crippen LogP contribution in [0.1, 0.15) is 50.4 Å². The van der Waals surface area contributed by atoms with Gasteiger partial charge in [-0.1, -0.05) is 6.58 Å². The van der Waals surface area contributed by atoms with Crippen LogP contribution in [0.4, 0.5) is 10.5 Å². The first-order valence-corrected chi connectivity index (χ1v) is 9.93. The molecule has 3 amide bonds. The second-order valence-corrected chi connectivity index (χ2v) is 8.65. The summed E-state index contributed by atoms with van der Waals surface area (Å²) in [5.74, 6) is -0.401. The maximum absolute atomic E-state index is 12.7. The van der Waals surface area contributed by atoms with Gasteiger partial charge in [0.1, 0.15) is 5.60 Å². The summed E-state index contributed by atoms with van der Waals surface area (Å²) in [4.78, 5) is 40.2. The fraction of sp³-hybridized carbons (Fsp3) is 0.500. The minimum Gasteiger partial charge on any atom is -0.444 e. The smallest absolute Gasteiger partial charge is 0.410 e. The van der Waals surface area contributed by atoms with Crippen molar-refractivity contribution in [3.63, 3.8) is 0 Å². The molecule has 0 saturated carbocycles. The first-order valence-electron chi connectivity index (χ1n) is 9.93. The van der Waals surface area contributed by atoms with Gasteiger partial charge in [-0.25, -0.2) is 4.79 Å². The van der Waals surface area contributed by atoms with E-state index in [2.05, 4.69) is 11.9 Å². The van der Waals surface area contributed by atoms with Gasteiger partial charge >= 0.3 is 6.09 Å². The van der Waals surface area contributed by atoms with Crippen molar-refractivity contribution in [2.45, 2.75) is 63.8 Å². The topological polar surface area (TPSA) is 79.0 Å². The summed E-state index contributed by atoms with van der Waals surface area (Å²) < 4.78 is 5.54. The quantitative estimate of drug-likeness (QED) is 0.789. The molecular formula is C22H29N3O4. The highest BCUT2D eigenvalue weighted by Crippen LogP contribution is 2.38. The fourth-order valence-corrected chi connectivity index (χ4v) is 4.10. The molecule has 0 aliphatic carbocycles. The SMILES string of the molecule is C=CC(=O)N(C)c1ccc(C(=O)N[C@@H]2C[C@@H]3CC[C@H]2N3C(=O)OC(C)(C)C)cc1. The molecule has 2 saturated heterocycles. The molecule has 7 heteroatoms. The Morgan fingerprint density at radius 2 is 1.86 bits per heavy atom. The number of fused-ring (bicyclic) bond motifs is 2. The molecular weight excluding hydrogens is 370 g/mol. The van der Waals surface area contributed by atoms with Crippen LogP contribution in [0, 0.1) is 0 Å². The Morgan fingerprint density at radius 3 is 2.45 bits per heavy atom. The van der Waals surface area contributed by atoms with Crippen LogP contribution in [0.15, 0.2) is 36.9 Å². The van der Waals surface area contributed by atoms with Gasteiger partial charge in [-0.05, 0) is 70.4 Å². The first-order chi connectivity index (χ1) is 13.6. The van der Waals surface area contributed by atoms with E-state index in [-0.39, 0.29) is 36.0 Å². The number of nitrogens with one attached hydrogen (secondary N) is 1. The molecule has 1 aromatic carbocycles. The molecule has 0 unspecified atom stereocenters. The van der Waals surface area contributed by atoms with Gasteiger partial charge in [0.05, 0.1) is 12.1 Å². The summed E-state index contributed by atoms with van der Waals surface area (Å²) in [7, 11) is 1.65. The summed E-state index contributed by atoms with van der Waals surface area (Å²) >= 11 is 0. The van der Waals surface area contributed by atoms with Crippen LogP contribution in [0.2, 0.25) is 0 Å². The number of carbonyl (C=O) groups is 3. The second kappa shape index (κ2) is 7.89. The van der Waals surface area contributed by atoms with Crippen molar-refractivity contribution in [1.29, 1.82) is 0 Å². The molecule has 2 aliphatic heterocycles. The average molecular weight is 399 g/mol. The van der Waals surface area contributed by atoms with Crippen molar-refractivity contribution in [3.05, 3.63) is 42.5 Å². The van der Waals surface area contributed by atoms with Gasteiger partial charge in [-0.3, -0.25) is 9.59 Å². The van der Waals surface area contributed by atoms with E-state index in [0.29, 0.717) is 11.3 Å². The van der Waals surface area contributed by atoms with E-state index in [1.165, 1.54) is 11.0 Å². The Kier molecular flexibility index (Phi) is 5.68. The zero-order chi connectivity index (χ0) is 21.3. The lowest BCUT2D eigenvalue weighted by atomic mass is 9.95. The highest BCUT2D eigenvalue weighted by Gasteiger charge is 2.50. The molecule has 156 valence electrons. The maximum atomic E-state index is 12.7. The number of likely N-dealkylation sites (N-methyl/N-ethyl adjacent to an activating group) is 1. The second-order valence-electron chi connectivity index (χ2n) is 8.65. The predicted octanol–water partition coefficient (Wildman–Crippen LogP) is 3.11. The molecule has 2 bridgehead atoms. The van der Waals surface area contributed by atoms with Crippen LogP contribution in [0.3, 0.4) is 0 Å². The fourth-order valence-electron chi connectivity index (χ4n) is 4.10. The molecule has 1 aromatic rings. The maximum Gasteiger partial charge on any atom is 0.410 e. The standard InChI is InChI=1S/C22H29N3O4/c1-6-19(26)24(5)15-9-7-14(8-10-15)20(27)23-17-13-16-11-12-18(17)25(16)21(28)29-22(2,3)4/h6-10,16-18H,1,11-13H2,2-5H3,(H,23,27)/t16-,17+,18+/m0/s1. The van der Waals surface area contributed by atoms with Crippen molar-refractivity contribution >= 4 is 23.6 Å². The summed E-state index contributed by atoms with van der Waals surface area (Å²) in [5, 5.41) is 3.07. The van der Waals surface area contributed by atoms with Gasteiger partial charge in [-0.15, -0.1) is 0 Å². The van der Waals surface area contributed by atoms with E-state index in [0.717, 1.165) is 19.3 Å². The normalized spacial score (nSPS) is 22.9. The van der Waals surface area contributed by atoms with Crippen molar-refractivity contribution in [3.8, 4) is 0 Å². The Morgan fingerprint density at radius 1 is 1.21 bits per heavy atom. The molecule has 0 radical (unpaired) electrons. The summed E-state index contributed by atoms with van der Waals surface area (Å²) in [5.41, 5.74) is 0.655.